The Labute approximate surface area is 427 Å². The van der Waals surface area contributed by atoms with Crippen LogP contribution >= 0.6 is 11.8 Å². The first-order chi connectivity index (χ1) is 34.9. The SMILES string of the molecule is C=Nc1c(-c2ccc(-c3nc4ccccc4n3-c3ccccc3)cc2)ccc(-c2ccc(C(C)=Nc3ccccc3C)cc2)c1Sc1ccccc1.CC.CC.CC1=CCCC=C1.CNc1ccccc1. The van der Waals surface area contributed by atoms with E-state index in [-0.39, 0.29) is 0 Å². The second-order valence-electron chi connectivity index (χ2n) is 16.2. The highest BCUT2D eigenvalue weighted by Gasteiger charge is 2.19. The Morgan fingerprint density at radius 3 is 1.76 bits per heavy atom. The number of hydrogen-bond acceptors (Lipinski definition) is 5. The number of nitrogens with one attached hydrogen (secondary N) is 1. The first kappa shape index (κ1) is 52.6. The zero-order valence-corrected chi connectivity index (χ0v) is 43.4. The standard InChI is InChI=1S/C47H36N4S.C7H9N.C7H10.2C2H6/c1-32-14-10-11-19-42(32)49-33(2)34-22-24-36(25-23-34)41-31-30-40(45(48-3)46(41)52-39-17-8-5-9-18-39)35-26-28-37(29-27-35)47-50-43-20-12-13-21-44(43)51(47)38-15-6-4-7-16-38;1-8-7-5-3-2-4-6-7;1-7-5-3-2-4-6-7;2*1-2/h4-31H,3H2,1-2H3;2-6,8H,1H3;3,5-6H,2,4H2,1H3;2*1-2H3. The molecule has 0 bridgehead atoms. The molecule has 6 heteroatoms. The topological polar surface area (TPSA) is 54.6 Å². The Kier molecular flexibility index (Phi) is 20.3. The van der Waals surface area contributed by atoms with Crippen molar-refractivity contribution in [2.75, 3.05) is 12.4 Å². The molecule has 0 radical (unpaired) electrons. The van der Waals surface area contributed by atoms with Gasteiger partial charge in [-0.15, -0.1) is 0 Å². The number of rotatable bonds is 10. The summed E-state index contributed by atoms with van der Waals surface area (Å²) in [5.74, 6) is 0.902. The summed E-state index contributed by atoms with van der Waals surface area (Å²) in [4.78, 5) is 16.9. The number of para-hydroxylation sites is 5. The number of allylic oxidation sites excluding steroid dienone is 4. The summed E-state index contributed by atoms with van der Waals surface area (Å²) >= 11 is 1.71. The molecule has 0 saturated carbocycles. The van der Waals surface area contributed by atoms with Gasteiger partial charge in [0, 0.05) is 45.1 Å². The molecule has 1 aromatic heterocycles. The monoisotopic (exact) mass is 950 g/mol. The Morgan fingerprint density at radius 2 is 1.17 bits per heavy atom. The number of nitrogens with zero attached hydrogens (tertiary/aromatic N) is 4. The molecule has 358 valence electrons. The van der Waals surface area contributed by atoms with Crippen LogP contribution in [-0.4, -0.2) is 29.0 Å². The van der Waals surface area contributed by atoms with Crippen molar-refractivity contribution >= 4 is 52.3 Å². The lowest BCUT2D eigenvalue weighted by Crippen LogP contribution is -1.97. The van der Waals surface area contributed by atoms with E-state index in [1.165, 1.54) is 18.4 Å². The van der Waals surface area contributed by atoms with Crippen molar-refractivity contribution in [1.82, 2.24) is 9.55 Å². The maximum absolute atomic E-state index is 5.07. The molecule has 0 aliphatic heterocycles. The fourth-order valence-corrected chi connectivity index (χ4v) is 9.03. The van der Waals surface area contributed by atoms with Crippen molar-refractivity contribution in [3.8, 4) is 39.3 Å². The number of benzene rings is 8. The highest BCUT2D eigenvalue weighted by molar-refractivity contribution is 7.99. The Hall–Kier alpha value is -7.80. The van der Waals surface area contributed by atoms with Gasteiger partial charge in [-0.25, -0.2) is 4.98 Å². The number of aryl methyl sites for hydroxylation is 1. The Bertz CT molecular complexity index is 3150. The van der Waals surface area contributed by atoms with Gasteiger partial charge in [0.25, 0.3) is 0 Å². The van der Waals surface area contributed by atoms with E-state index in [4.69, 9.17) is 9.98 Å². The van der Waals surface area contributed by atoms with Gasteiger partial charge in [-0.2, -0.15) is 0 Å². The minimum Gasteiger partial charge on any atom is -0.388 e. The third kappa shape index (κ3) is 13.9. The van der Waals surface area contributed by atoms with Gasteiger partial charge in [-0.05, 0) is 123 Å². The van der Waals surface area contributed by atoms with Crippen LogP contribution in [0.3, 0.4) is 0 Å². The van der Waals surface area contributed by atoms with Crippen LogP contribution in [0.2, 0.25) is 0 Å². The Balaban J connectivity index is 0.000000366. The second-order valence-corrected chi connectivity index (χ2v) is 17.3. The van der Waals surface area contributed by atoms with Crippen LogP contribution in [0, 0.1) is 6.92 Å². The molecule has 71 heavy (non-hydrogen) atoms. The molecule has 9 aromatic rings. The normalized spacial score (nSPS) is 11.5. The molecule has 5 nitrogen and oxygen atoms in total. The van der Waals surface area contributed by atoms with Crippen molar-refractivity contribution in [3.63, 3.8) is 0 Å². The zero-order valence-electron chi connectivity index (χ0n) is 42.6. The van der Waals surface area contributed by atoms with Crippen molar-refractivity contribution in [1.29, 1.82) is 0 Å². The van der Waals surface area contributed by atoms with Gasteiger partial charge < -0.3 is 5.32 Å². The molecular weight excluding hydrogens is 883 g/mol. The van der Waals surface area contributed by atoms with Crippen molar-refractivity contribution in [2.24, 2.45) is 9.98 Å². The van der Waals surface area contributed by atoms with E-state index in [0.717, 1.165) is 94.1 Å². The second kappa shape index (κ2) is 27.4. The van der Waals surface area contributed by atoms with E-state index in [1.54, 1.807) is 11.8 Å². The largest absolute Gasteiger partial charge is 0.388 e. The maximum atomic E-state index is 5.07. The third-order valence-corrected chi connectivity index (χ3v) is 12.7. The van der Waals surface area contributed by atoms with Crippen molar-refractivity contribution < 1.29 is 0 Å². The predicted molar refractivity (Wildman–Crippen MR) is 311 cm³/mol. The van der Waals surface area contributed by atoms with Crippen molar-refractivity contribution in [2.45, 2.75) is 71.1 Å². The molecule has 0 unspecified atom stereocenters. The number of anilines is 1. The van der Waals surface area contributed by atoms with Crippen LogP contribution in [-0.2, 0) is 0 Å². The highest BCUT2D eigenvalue weighted by Crippen LogP contribution is 2.47. The average molecular weight is 950 g/mol. The zero-order chi connectivity index (χ0) is 50.4. The summed E-state index contributed by atoms with van der Waals surface area (Å²) in [5, 5.41) is 3.03. The lowest BCUT2D eigenvalue weighted by atomic mass is 9.96. The fraction of sp³-hybridized carbons (Fsp3) is 0.154. The first-order valence-electron chi connectivity index (χ1n) is 24.7. The molecular formula is C65H67N5S. The Morgan fingerprint density at radius 1 is 0.606 bits per heavy atom. The lowest BCUT2D eigenvalue weighted by molar-refractivity contribution is 1.02. The van der Waals surface area contributed by atoms with E-state index in [2.05, 4.69) is 200 Å². The summed E-state index contributed by atoms with van der Waals surface area (Å²) in [5.41, 5.74) is 16.1. The van der Waals surface area contributed by atoms with Gasteiger partial charge in [-0.3, -0.25) is 14.6 Å². The number of hydrogen-bond donors (Lipinski definition) is 1. The maximum Gasteiger partial charge on any atom is 0.145 e. The third-order valence-electron chi connectivity index (χ3n) is 11.5. The minimum atomic E-state index is 0.858. The van der Waals surface area contributed by atoms with E-state index in [0.29, 0.717) is 0 Å². The molecule has 1 aliphatic carbocycles. The number of imidazole rings is 1. The van der Waals surface area contributed by atoms with E-state index >= 15 is 0 Å². The number of aromatic nitrogens is 2. The molecule has 10 rings (SSSR count). The molecule has 8 aromatic carbocycles. The van der Waals surface area contributed by atoms with Crippen LogP contribution in [0.25, 0.3) is 50.4 Å². The summed E-state index contributed by atoms with van der Waals surface area (Å²) < 4.78 is 2.23. The molecule has 0 fully saturated rings. The average Bonchev–Trinajstić information content (AvgIpc) is 3.84. The fourth-order valence-electron chi connectivity index (χ4n) is 7.93. The van der Waals surface area contributed by atoms with Crippen LogP contribution in [0.4, 0.5) is 17.1 Å². The van der Waals surface area contributed by atoms with Gasteiger partial charge in [0.15, 0.2) is 0 Å². The van der Waals surface area contributed by atoms with Gasteiger partial charge in [0.2, 0.25) is 0 Å². The minimum absolute atomic E-state index is 0.858. The molecule has 0 saturated heterocycles. The molecule has 1 heterocycles. The van der Waals surface area contributed by atoms with Gasteiger partial charge in [0.05, 0.1) is 22.4 Å². The molecule has 0 spiro atoms. The van der Waals surface area contributed by atoms with Crippen LogP contribution in [0.5, 0.6) is 0 Å². The molecule has 1 aliphatic rings. The quantitative estimate of drug-likeness (QED) is 0.139. The van der Waals surface area contributed by atoms with E-state index in [1.807, 2.05) is 95.4 Å². The smallest absolute Gasteiger partial charge is 0.145 e. The van der Waals surface area contributed by atoms with E-state index in [9.17, 15) is 0 Å². The number of fused-ring (bicyclic) bond motifs is 1. The summed E-state index contributed by atoms with van der Waals surface area (Å²) in [7, 11) is 1.91. The highest BCUT2D eigenvalue weighted by atomic mass is 32.2. The van der Waals surface area contributed by atoms with Gasteiger partial charge in [0.1, 0.15) is 5.82 Å². The van der Waals surface area contributed by atoms with Crippen LogP contribution in [0.15, 0.2) is 244 Å². The molecule has 0 atom stereocenters. The van der Waals surface area contributed by atoms with Crippen LogP contribution < -0.4 is 5.32 Å². The summed E-state index contributed by atoms with van der Waals surface area (Å²) in [6, 6.07) is 69.1. The van der Waals surface area contributed by atoms with Crippen LogP contribution in [0.1, 0.15) is 65.5 Å². The molecule has 1 N–H and O–H groups in total. The van der Waals surface area contributed by atoms with Gasteiger partial charge >= 0.3 is 0 Å². The summed E-state index contributed by atoms with van der Waals surface area (Å²) in [6.07, 6.45) is 9.12. The van der Waals surface area contributed by atoms with Gasteiger partial charge in [-0.1, -0.05) is 209 Å². The summed E-state index contributed by atoms with van der Waals surface area (Å²) in [6.45, 7) is 18.4. The van der Waals surface area contributed by atoms with E-state index < -0.39 is 0 Å². The molecule has 0 amide bonds. The number of aliphatic imine (C=N–C) groups is 2. The first-order valence-corrected chi connectivity index (χ1v) is 25.5. The lowest BCUT2D eigenvalue weighted by Gasteiger charge is -2.17. The predicted octanol–water partition coefficient (Wildman–Crippen LogP) is 19.0. The van der Waals surface area contributed by atoms with Crippen molar-refractivity contribution in [3.05, 3.63) is 235 Å².